The number of carbonyl (C=O) groups is 2. The summed E-state index contributed by atoms with van der Waals surface area (Å²) < 4.78 is 29.0. The van der Waals surface area contributed by atoms with Crippen LogP contribution >= 0.6 is 0 Å². The van der Waals surface area contributed by atoms with Crippen molar-refractivity contribution in [2.75, 3.05) is 0 Å². The second-order valence-electron chi connectivity index (χ2n) is 6.38. The molecular weight excluding hydrogens is 404 g/mol. The first-order chi connectivity index (χ1) is 15.0. The van der Waals surface area contributed by atoms with E-state index in [1.165, 1.54) is 4.68 Å². The molecule has 0 saturated heterocycles. The van der Waals surface area contributed by atoms with E-state index in [0.29, 0.717) is 11.5 Å². The number of para-hydroxylation sites is 1. The summed E-state index contributed by atoms with van der Waals surface area (Å²) in [6, 6.07) is 21.2. The monoisotopic (exact) mass is 419 g/mol. The SMILES string of the molecule is O=C(NNC(=O)c1c(F)cccc1F)c1nc(-c2ccccc2)n(-c2ccccc2)n1. The summed E-state index contributed by atoms with van der Waals surface area (Å²) in [6.45, 7) is 0. The van der Waals surface area contributed by atoms with Crippen molar-refractivity contribution in [1.82, 2.24) is 25.6 Å². The molecule has 0 saturated carbocycles. The molecule has 0 unspecified atom stereocenters. The van der Waals surface area contributed by atoms with Gasteiger partial charge in [0.25, 0.3) is 5.91 Å². The van der Waals surface area contributed by atoms with Gasteiger partial charge in [0.1, 0.15) is 17.2 Å². The van der Waals surface area contributed by atoms with Crippen LogP contribution in [0.3, 0.4) is 0 Å². The van der Waals surface area contributed by atoms with Crippen molar-refractivity contribution in [3.8, 4) is 17.1 Å². The quantitative estimate of drug-likeness (QED) is 0.497. The van der Waals surface area contributed by atoms with Gasteiger partial charge in [-0.3, -0.25) is 20.4 Å². The number of hydrazine groups is 1. The maximum atomic E-state index is 13.7. The highest BCUT2D eigenvalue weighted by atomic mass is 19.1. The number of hydrogen-bond acceptors (Lipinski definition) is 4. The first-order valence-electron chi connectivity index (χ1n) is 9.17. The zero-order valence-corrected chi connectivity index (χ0v) is 15.9. The molecule has 0 radical (unpaired) electrons. The second kappa shape index (κ2) is 8.54. The minimum atomic E-state index is -1.14. The lowest BCUT2D eigenvalue weighted by atomic mass is 10.2. The number of nitrogens with one attached hydrogen (secondary N) is 2. The van der Waals surface area contributed by atoms with Gasteiger partial charge in [0.15, 0.2) is 5.82 Å². The number of benzene rings is 3. The van der Waals surface area contributed by atoms with Gasteiger partial charge in [-0.1, -0.05) is 54.6 Å². The number of nitrogens with zero attached hydrogens (tertiary/aromatic N) is 3. The van der Waals surface area contributed by atoms with Crippen molar-refractivity contribution < 1.29 is 18.4 Å². The molecule has 0 aliphatic heterocycles. The number of hydrogen-bond donors (Lipinski definition) is 2. The summed E-state index contributed by atoms with van der Waals surface area (Å²) in [5, 5.41) is 4.24. The Hall–Kier alpha value is -4.40. The summed E-state index contributed by atoms with van der Waals surface area (Å²) in [7, 11) is 0. The van der Waals surface area contributed by atoms with Crippen LogP contribution in [-0.2, 0) is 0 Å². The standard InChI is InChI=1S/C22H15F2N5O2/c23-16-12-7-13-17(24)18(16)21(30)26-27-22(31)19-25-20(14-8-3-1-4-9-14)29(28-19)15-10-5-2-6-11-15/h1-13H,(H,26,30)(H,27,31). The highest BCUT2D eigenvalue weighted by Gasteiger charge is 2.21. The fourth-order valence-corrected chi connectivity index (χ4v) is 2.88. The van der Waals surface area contributed by atoms with Crippen molar-refractivity contribution in [3.05, 3.63) is 102 Å². The fraction of sp³-hybridized carbons (Fsp3) is 0. The van der Waals surface area contributed by atoms with Crippen LogP contribution in [0.25, 0.3) is 17.1 Å². The van der Waals surface area contributed by atoms with Crippen LogP contribution in [0.4, 0.5) is 8.78 Å². The van der Waals surface area contributed by atoms with Crippen LogP contribution in [0.15, 0.2) is 78.9 Å². The molecule has 4 aromatic rings. The zero-order valence-electron chi connectivity index (χ0n) is 15.9. The lowest BCUT2D eigenvalue weighted by Gasteiger charge is -2.07. The highest BCUT2D eigenvalue weighted by molar-refractivity contribution is 5.98. The molecule has 9 heteroatoms. The van der Waals surface area contributed by atoms with Gasteiger partial charge in [0.05, 0.1) is 5.69 Å². The first-order valence-corrected chi connectivity index (χ1v) is 9.17. The molecule has 2 amide bonds. The van der Waals surface area contributed by atoms with E-state index in [9.17, 15) is 18.4 Å². The van der Waals surface area contributed by atoms with E-state index >= 15 is 0 Å². The Morgan fingerprint density at radius 1 is 0.742 bits per heavy atom. The lowest BCUT2D eigenvalue weighted by Crippen LogP contribution is -2.42. The van der Waals surface area contributed by atoms with Gasteiger partial charge >= 0.3 is 5.91 Å². The Bertz CT molecular complexity index is 1170. The molecule has 1 aromatic heterocycles. The molecule has 0 aliphatic carbocycles. The highest BCUT2D eigenvalue weighted by Crippen LogP contribution is 2.21. The van der Waals surface area contributed by atoms with E-state index in [4.69, 9.17) is 0 Å². The third-order valence-corrected chi connectivity index (χ3v) is 4.32. The maximum Gasteiger partial charge on any atom is 0.309 e. The first kappa shape index (κ1) is 19.9. The average Bonchev–Trinajstić information content (AvgIpc) is 3.24. The molecule has 0 bridgehead atoms. The van der Waals surface area contributed by atoms with Gasteiger partial charge in [0, 0.05) is 5.56 Å². The number of aromatic nitrogens is 3. The minimum Gasteiger partial charge on any atom is -0.267 e. The number of carbonyl (C=O) groups excluding carboxylic acids is 2. The van der Waals surface area contributed by atoms with Crippen LogP contribution in [0, 0.1) is 11.6 Å². The molecule has 31 heavy (non-hydrogen) atoms. The molecule has 0 aliphatic rings. The third kappa shape index (κ3) is 4.15. The molecule has 1 heterocycles. The molecule has 3 aromatic carbocycles. The van der Waals surface area contributed by atoms with Gasteiger partial charge in [-0.2, -0.15) is 0 Å². The van der Waals surface area contributed by atoms with Crippen molar-refractivity contribution >= 4 is 11.8 Å². The van der Waals surface area contributed by atoms with Gasteiger partial charge < -0.3 is 0 Å². The average molecular weight is 419 g/mol. The number of halogens is 2. The molecule has 154 valence electrons. The van der Waals surface area contributed by atoms with Crippen molar-refractivity contribution in [2.24, 2.45) is 0 Å². The largest absolute Gasteiger partial charge is 0.309 e. The van der Waals surface area contributed by atoms with Gasteiger partial charge in [-0.25, -0.2) is 18.4 Å². The van der Waals surface area contributed by atoms with E-state index in [1.54, 1.807) is 12.1 Å². The van der Waals surface area contributed by atoms with Gasteiger partial charge in [-0.05, 0) is 24.3 Å². The summed E-state index contributed by atoms with van der Waals surface area (Å²) in [5.74, 6) is -3.93. The lowest BCUT2D eigenvalue weighted by molar-refractivity contribution is 0.0836. The number of rotatable bonds is 4. The molecular formula is C22H15F2N5O2. The zero-order chi connectivity index (χ0) is 21.8. The smallest absolute Gasteiger partial charge is 0.267 e. The molecule has 4 rings (SSSR count). The second-order valence-corrected chi connectivity index (χ2v) is 6.38. The summed E-state index contributed by atoms with van der Waals surface area (Å²) in [5.41, 5.74) is 4.64. The van der Waals surface area contributed by atoms with Crippen LogP contribution in [0.5, 0.6) is 0 Å². The molecule has 2 N–H and O–H groups in total. The van der Waals surface area contributed by atoms with Crippen LogP contribution < -0.4 is 10.9 Å². The van der Waals surface area contributed by atoms with Crippen LogP contribution in [0.1, 0.15) is 21.0 Å². The predicted molar refractivity (Wildman–Crippen MR) is 108 cm³/mol. The van der Waals surface area contributed by atoms with Crippen molar-refractivity contribution in [3.63, 3.8) is 0 Å². The Morgan fingerprint density at radius 2 is 1.32 bits per heavy atom. The van der Waals surface area contributed by atoms with E-state index < -0.39 is 29.0 Å². The Kier molecular flexibility index (Phi) is 5.48. The predicted octanol–water partition coefficient (Wildman–Crippen LogP) is 3.29. The van der Waals surface area contributed by atoms with Crippen LogP contribution in [0.2, 0.25) is 0 Å². The Morgan fingerprint density at radius 3 is 1.97 bits per heavy atom. The molecule has 0 fully saturated rings. The van der Waals surface area contributed by atoms with Gasteiger partial charge in [-0.15, -0.1) is 5.10 Å². The van der Waals surface area contributed by atoms with E-state index in [1.807, 2.05) is 54.0 Å². The van der Waals surface area contributed by atoms with E-state index in [-0.39, 0.29) is 5.82 Å². The molecule has 7 nitrogen and oxygen atoms in total. The Balaban J connectivity index is 1.60. The fourth-order valence-electron chi connectivity index (χ4n) is 2.88. The normalized spacial score (nSPS) is 10.5. The molecule has 0 spiro atoms. The van der Waals surface area contributed by atoms with E-state index in [0.717, 1.165) is 23.8 Å². The van der Waals surface area contributed by atoms with Crippen molar-refractivity contribution in [2.45, 2.75) is 0 Å². The van der Waals surface area contributed by atoms with Crippen LogP contribution in [-0.4, -0.2) is 26.6 Å². The van der Waals surface area contributed by atoms with Gasteiger partial charge in [0.2, 0.25) is 5.82 Å². The summed E-state index contributed by atoms with van der Waals surface area (Å²) in [4.78, 5) is 28.9. The third-order valence-electron chi connectivity index (χ3n) is 4.32. The van der Waals surface area contributed by atoms with E-state index in [2.05, 4.69) is 15.5 Å². The maximum absolute atomic E-state index is 13.7. The number of amides is 2. The topological polar surface area (TPSA) is 88.9 Å². The van der Waals surface area contributed by atoms with Crippen molar-refractivity contribution in [1.29, 1.82) is 0 Å². The Labute approximate surface area is 175 Å². The summed E-state index contributed by atoms with van der Waals surface area (Å²) in [6.07, 6.45) is 0. The molecule has 0 atom stereocenters. The summed E-state index contributed by atoms with van der Waals surface area (Å²) >= 11 is 0. The minimum absolute atomic E-state index is 0.239.